The quantitative estimate of drug-likeness (QED) is 0.719. The summed E-state index contributed by atoms with van der Waals surface area (Å²) in [6.45, 7) is 8.90. The summed E-state index contributed by atoms with van der Waals surface area (Å²) in [4.78, 5) is 13.8. The number of hydrogen-bond acceptors (Lipinski definition) is 2. The Labute approximate surface area is 119 Å². The van der Waals surface area contributed by atoms with Crippen molar-refractivity contribution in [1.82, 2.24) is 10.2 Å². The molecule has 112 valence electrons. The molecule has 1 saturated carbocycles. The number of amides is 1. The van der Waals surface area contributed by atoms with Crippen LogP contribution in [-0.4, -0.2) is 36.5 Å². The molecule has 0 radical (unpaired) electrons. The van der Waals surface area contributed by atoms with Crippen LogP contribution in [0.1, 0.15) is 65.7 Å². The van der Waals surface area contributed by atoms with Crippen LogP contribution in [-0.2, 0) is 4.79 Å². The van der Waals surface area contributed by atoms with Crippen LogP contribution >= 0.6 is 0 Å². The van der Waals surface area contributed by atoms with Crippen LogP contribution in [0.2, 0.25) is 0 Å². The fourth-order valence-corrected chi connectivity index (χ4v) is 3.11. The molecule has 1 aliphatic carbocycles. The first-order chi connectivity index (χ1) is 9.21. The molecule has 0 aromatic rings. The van der Waals surface area contributed by atoms with Crippen molar-refractivity contribution >= 4 is 5.91 Å². The Morgan fingerprint density at radius 2 is 1.84 bits per heavy atom. The summed E-state index contributed by atoms with van der Waals surface area (Å²) in [5.41, 5.74) is 0. The molecule has 1 fully saturated rings. The Bertz CT molecular complexity index is 251. The van der Waals surface area contributed by atoms with E-state index < -0.39 is 0 Å². The first-order valence-electron chi connectivity index (χ1n) is 8.22. The molecule has 3 heteroatoms. The maximum Gasteiger partial charge on any atom is 0.223 e. The topological polar surface area (TPSA) is 32.3 Å². The minimum absolute atomic E-state index is 0.289. The van der Waals surface area contributed by atoms with Crippen LogP contribution in [0.5, 0.6) is 0 Å². The predicted molar refractivity (Wildman–Crippen MR) is 81.2 cm³/mol. The maximum absolute atomic E-state index is 11.9. The van der Waals surface area contributed by atoms with Crippen molar-refractivity contribution in [3.8, 4) is 0 Å². The van der Waals surface area contributed by atoms with Gasteiger partial charge in [-0.3, -0.25) is 4.79 Å². The Balaban J connectivity index is 2.20. The van der Waals surface area contributed by atoms with E-state index in [0.29, 0.717) is 12.5 Å². The smallest absolute Gasteiger partial charge is 0.223 e. The standard InChI is InChI=1S/C16H32N2O/c1-4-14-8-7-9-15(11-10-14)17-13-12-16(19)18(5-2)6-3/h14-15,17H,4-13H2,1-3H3. The molecule has 0 aromatic heterocycles. The van der Waals surface area contributed by atoms with Crippen LogP contribution in [0.15, 0.2) is 0 Å². The van der Waals surface area contributed by atoms with Crippen LogP contribution in [0.4, 0.5) is 0 Å². The van der Waals surface area contributed by atoms with E-state index in [1.807, 2.05) is 18.7 Å². The van der Waals surface area contributed by atoms with Gasteiger partial charge in [-0.05, 0) is 39.0 Å². The summed E-state index contributed by atoms with van der Waals surface area (Å²) in [5, 5.41) is 3.59. The molecule has 0 aliphatic heterocycles. The van der Waals surface area contributed by atoms with Gasteiger partial charge in [-0.15, -0.1) is 0 Å². The van der Waals surface area contributed by atoms with Crippen LogP contribution in [0.25, 0.3) is 0 Å². The van der Waals surface area contributed by atoms with Gasteiger partial charge in [-0.2, -0.15) is 0 Å². The van der Waals surface area contributed by atoms with E-state index in [2.05, 4.69) is 12.2 Å². The third kappa shape index (κ3) is 5.94. The molecular formula is C16H32N2O. The molecule has 0 bridgehead atoms. The highest BCUT2D eigenvalue weighted by Crippen LogP contribution is 2.25. The summed E-state index contributed by atoms with van der Waals surface area (Å²) in [7, 11) is 0. The van der Waals surface area contributed by atoms with Gasteiger partial charge < -0.3 is 10.2 Å². The zero-order chi connectivity index (χ0) is 14.1. The first-order valence-corrected chi connectivity index (χ1v) is 8.22. The van der Waals surface area contributed by atoms with E-state index in [0.717, 1.165) is 25.6 Å². The average molecular weight is 268 g/mol. The summed E-state index contributed by atoms with van der Waals surface area (Å²) >= 11 is 0. The second-order valence-corrected chi connectivity index (χ2v) is 5.75. The molecule has 1 amide bonds. The summed E-state index contributed by atoms with van der Waals surface area (Å²) in [6, 6.07) is 0.640. The first kappa shape index (κ1) is 16.5. The Hall–Kier alpha value is -0.570. The van der Waals surface area contributed by atoms with E-state index in [1.54, 1.807) is 0 Å². The Morgan fingerprint density at radius 3 is 2.47 bits per heavy atom. The van der Waals surface area contributed by atoms with Gasteiger partial charge in [-0.1, -0.05) is 26.2 Å². The number of hydrogen-bond donors (Lipinski definition) is 1. The third-order valence-electron chi connectivity index (χ3n) is 4.55. The number of nitrogens with zero attached hydrogens (tertiary/aromatic N) is 1. The molecule has 19 heavy (non-hydrogen) atoms. The maximum atomic E-state index is 11.9. The van der Waals surface area contributed by atoms with E-state index in [9.17, 15) is 4.79 Å². The fraction of sp³-hybridized carbons (Fsp3) is 0.938. The largest absolute Gasteiger partial charge is 0.343 e. The lowest BCUT2D eigenvalue weighted by Crippen LogP contribution is -2.35. The third-order valence-corrected chi connectivity index (χ3v) is 4.55. The molecule has 0 aromatic carbocycles. The monoisotopic (exact) mass is 268 g/mol. The van der Waals surface area contributed by atoms with Gasteiger partial charge in [-0.25, -0.2) is 0 Å². The number of rotatable bonds is 7. The lowest BCUT2D eigenvalue weighted by atomic mass is 9.98. The summed E-state index contributed by atoms with van der Waals surface area (Å²) < 4.78 is 0. The van der Waals surface area contributed by atoms with Gasteiger partial charge in [0.15, 0.2) is 0 Å². The van der Waals surface area contributed by atoms with Crippen LogP contribution < -0.4 is 5.32 Å². The predicted octanol–water partition coefficient (Wildman–Crippen LogP) is 3.19. The lowest BCUT2D eigenvalue weighted by molar-refractivity contribution is -0.130. The lowest BCUT2D eigenvalue weighted by Gasteiger charge is -2.20. The second-order valence-electron chi connectivity index (χ2n) is 5.75. The van der Waals surface area contributed by atoms with Crippen molar-refractivity contribution in [3.05, 3.63) is 0 Å². The summed E-state index contributed by atoms with van der Waals surface area (Å²) in [5.74, 6) is 1.22. The SMILES string of the molecule is CCC1CCCC(NCCC(=O)N(CC)CC)CC1. The molecule has 1 N–H and O–H groups in total. The minimum Gasteiger partial charge on any atom is -0.343 e. The molecule has 0 heterocycles. The molecule has 3 nitrogen and oxygen atoms in total. The molecule has 1 rings (SSSR count). The van der Waals surface area contributed by atoms with Crippen molar-refractivity contribution in [2.75, 3.05) is 19.6 Å². The molecule has 2 unspecified atom stereocenters. The van der Waals surface area contributed by atoms with Gasteiger partial charge >= 0.3 is 0 Å². The highest BCUT2D eigenvalue weighted by molar-refractivity contribution is 5.76. The van der Waals surface area contributed by atoms with E-state index in [1.165, 1.54) is 38.5 Å². The van der Waals surface area contributed by atoms with Crippen molar-refractivity contribution in [1.29, 1.82) is 0 Å². The van der Waals surface area contributed by atoms with Gasteiger partial charge in [0.25, 0.3) is 0 Å². The summed E-state index contributed by atoms with van der Waals surface area (Å²) in [6.07, 6.45) is 8.65. The van der Waals surface area contributed by atoms with Gasteiger partial charge in [0.1, 0.15) is 0 Å². The molecule has 0 spiro atoms. The minimum atomic E-state index is 0.289. The van der Waals surface area contributed by atoms with Crippen molar-refractivity contribution in [3.63, 3.8) is 0 Å². The molecular weight excluding hydrogens is 236 g/mol. The van der Waals surface area contributed by atoms with E-state index in [-0.39, 0.29) is 5.91 Å². The van der Waals surface area contributed by atoms with Gasteiger partial charge in [0.2, 0.25) is 5.91 Å². The van der Waals surface area contributed by atoms with Crippen molar-refractivity contribution in [2.24, 2.45) is 5.92 Å². The Morgan fingerprint density at radius 1 is 1.11 bits per heavy atom. The Kier molecular flexibility index (Phi) is 8.11. The zero-order valence-electron chi connectivity index (χ0n) is 13.1. The van der Waals surface area contributed by atoms with Gasteiger partial charge in [0, 0.05) is 32.1 Å². The highest BCUT2D eigenvalue weighted by Gasteiger charge is 2.17. The van der Waals surface area contributed by atoms with Crippen molar-refractivity contribution in [2.45, 2.75) is 71.8 Å². The van der Waals surface area contributed by atoms with Gasteiger partial charge in [0.05, 0.1) is 0 Å². The molecule has 0 saturated heterocycles. The highest BCUT2D eigenvalue weighted by atomic mass is 16.2. The van der Waals surface area contributed by atoms with Crippen LogP contribution in [0.3, 0.4) is 0 Å². The number of nitrogens with one attached hydrogen (secondary N) is 1. The molecule has 1 aliphatic rings. The fourth-order valence-electron chi connectivity index (χ4n) is 3.11. The van der Waals surface area contributed by atoms with E-state index in [4.69, 9.17) is 0 Å². The number of carbonyl (C=O) groups is 1. The second kappa shape index (κ2) is 9.35. The van der Waals surface area contributed by atoms with Crippen LogP contribution in [0, 0.1) is 5.92 Å². The van der Waals surface area contributed by atoms with E-state index >= 15 is 0 Å². The van der Waals surface area contributed by atoms with Crippen molar-refractivity contribution < 1.29 is 4.79 Å². The number of carbonyl (C=O) groups excluding carboxylic acids is 1. The zero-order valence-corrected chi connectivity index (χ0v) is 13.1. The normalized spacial score (nSPS) is 23.9. The average Bonchev–Trinajstić information content (AvgIpc) is 2.65. The molecule has 2 atom stereocenters.